The van der Waals surface area contributed by atoms with Crippen molar-refractivity contribution in [1.29, 1.82) is 0 Å². The van der Waals surface area contributed by atoms with E-state index in [2.05, 4.69) is 29.5 Å². The highest BCUT2D eigenvalue weighted by molar-refractivity contribution is 5.71. The summed E-state index contributed by atoms with van der Waals surface area (Å²) in [4.78, 5) is 4.71. The second-order valence-electron chi connectivity index (χ2n) is 5.85. The van der Waals surface area contributed by atoms with Crippen molar-refractivity contribution in [3.8, 4) is 11.3 Å². The number of nitrogens with zero attached hydrogens (tertiary/aromatic N) is 2. The maximum absolute atomic E-state index is 6.14. The molecule has 5 nitrogen and oxygen atoms in total. The number of hydrogen-bond acceptors (Lipinski definition) is 5. The minimum absolute atomic E-state index is 0.154. The molecule has 2 heterocycles. The minimum atomic E-state index is 0.154. The Morgan fingerprint density at radius 1 is 1.12 bits per heavy atom. The molecule has 0 aliphatic carbocycles. The molecule has 3 aromatic rings. The summed E-state index contributed by atoms with van der Waals surface area (Å²) < 4.78 is 5.25. The Balaban J connectivity index is 1.95. The summed E-state index contributed by atoms with van der Waals surface area (Å²) in [5, 5.41) is 7.47. The van der Waals surface area contributed by atoms with E-state index in [-0.39, 0.29) is 6.04 Å². The van der Waals surface area contributed by atoms with Crippen molar-refractivity contribution in [3.63, 3.8) is 0 Å². The molecule has 0 bridgehead atoms. The molecule has 5 heteroatoms. The number of aromatic nitrogens is 2. The summed E-state index contributed by atoms with van der Waals surface area (Å²) in [7, 11) is 0. The van der Waals surface area contributed by atoms with Crippen molar-refractivity contribution >= 4 is 11.5 Å². The van der Waals surface area contributed by atoms with Crippen LogP contribution in [0.5, 0.6) is 0 Å². The van der Waals surface area contributed by atoms with Crippen LogP contribution in [0, 0.1) is 13.8 Å². The molecule has 1 atom stereocenters. The van der Waals surface area contributed by atoms with Crippen molar-refractivity contribution in [2.24, 2.45) is 0 Å². The number of aryl methyl sites for hydroxylation is 2. The second kappa shape index (κ2) is 6.74. The highest BCUT2D eigenvalue weighted by Gasteiger charge is 2.16. The number of nitrogen functional groups attached to an aromatic ring is 1. The van der Waals surface area contributed by atoms with Gasteiger partial charge in [-0.1, -0.05) is 42.4 Å². The molecule has 0 fully saturated rings. The fourth-order valence-electron chi connectivity index (χ4n) is 2.84. The zero-order chi connectivity index (χ0) is 17.1. The quantitative estimate of drug-likeness (QED) is 0.723. The molecule has 0 aliphatic heterocycles. The number of hydrogen-bond donors (Lipinski definition) is 2. The van der Waals surface area contributed by atoms with Crippen LogP contribution in [0.15, 0.2) is 47.0 Å². The average Bonchev–Trinajstić information content (AvgIpc) is 2.94. The Kier molecular flexibility index (Phi) is 4.51. The van der Waals surface area contributed by atoms with E-state index in [0.29, 0.717) is 11.5 Å². The third-order valence-electron chi connectivity index (χ3n) is 4.14. The van der Waals surface area contributed by atoms with Gasteiger partial charge in [-0.25, -0.2) is 4.98 Å². The lowest BCUT2D eigenvalue weighted by Gasteiger charge is -2.19. The molecule has 0 aliphatic rings. The lowest BCUT2D eigenvalue weighted by Crippen LogP contribution is -2.12. The van der Waals surface area contributed by atoms with Crippen molar-refractivity contribution in [2.45, 2.75) is 33.2 Å². The maximum atomic E-state index is 6.14. The predicted molar refractivity (Wildman–Crippen MR) is 96.7 cm³/mol. The van der Waals surface area contributed by atoms with Crippen LogP contribution in [0.25, 0.3) is 11.3 Å². The summed E-state index contributed by atoms with van der Waals surface area (Å²) in [6, 6.07) is 14.2. The molecule has 1 aromatic carbocycles. The molecule has 2 aromatic heterocycles. The van der Waals surface area contributed by atoms with Gasteiger partial charge >= 0.3 is 0 Å². The van der Waals surface area contributed by atoms with E-state index in [4.69, 9.17) is 15.2 Å². The zero-order valence-corrected chi connectivity index (χ0v) is 14.2. The number of rotatable bonds is 5. The first kappa shape index (κ1) is 16.1. The molecule has 3 N–H and O–H groups in total. The smallest absolute Gasteiger partial charge is 0.150 e. The molecular formula is C19H22N4O. The Morgan fingerprint density at radius 3 is 2.50 bits per heavy atom. The normalized spacial score (nSPS) is 12.1. The summed E-state index contributed by atoms with van der Waals surface area (Å²) >= 11 is 0. The van der Waals surface area contributed by atoms with Gasteiger partial charge in [-0.3, -0.25) is 0 Å². The van der Waals surface area contributed by atoms with Gasteiger partial charge in [0, 0.05) is 0 Å². The van der Waals surface area contributed by atoms with Crippen LogP contribution in [0.3, 0.4) is 0 Å². The van der Waals surface area contributed by atoms with Gasteiger partial charge < -0.3 is 15.6 Å². The zero-order valence-electron chi connectivity index (χ0n) is 14.2. The van der Waals surface area contributed by atoms with Crippen LogP contribution in [-0.4, -0.2) is 10.1 Å². The van der Waals surface area contributed by atoms with Gasteiger partial charge in [-0.15, -0.1) is 0 Å². The van der Waals surface area contributed by atoms with Gasteiger partial charge in [-0.2, -0.15) is 0 Å². The Labute approximate surface area is 141 Å². The van der Waals surface area contributed by atoms with Crippen LogP contribution < -0.4 is 11.1 Å². The van der Waals surface area contributed by atoms with Crippen LogP contribution >= 0.6 is 0 Å². The molecule has 3 rings (SSSR count). The van der Waals surface area contributed by atoms with Crippen molar-refractivity contribution in [3.05, 3.63) is 59.5 Å². The molecule has 0 saturated heterocycles. The SMILES string of the molecule is CC[C@H](Nc1nc(-c2c(C)noc2C)ccc1N)c1ccccc1. The molecule has 0 amide bonds. The monoisotopic (exact) mass is 322 g/mol. The van der Waals surface area contributed by atoms with Crippen LogP contribution in [0.1, 0.15) is 36.4 Å². The van der Waals surface area contributed by atoms with Crippen molar-refractivity contribution in [1.82, 2.24) is 10.1 Å². The summed E-state index contributed by atoms with van der Waals surface area (Å²) in [5.74, 6) is 1.44. The number of benzene rings is 1. The predicted octanol–water partition coefficient (Wildman–Crippen LogP) is 4.50. The van der Waals surface area contributed by atoms with Gasteiger partial charge in [0.15, 0.2) is 0 Å². The first-order valence-electron chi connectivity index (χ1n) is 8.11. The van der Waals surface area contributed by atoms with Gasteiger partial charge in [0.2, 0.25) is 0 Å². The lowest BCUT2D eigenvalue weighted by molar-refractivity contribution is 0.393. The van der Waals surface area contributed by atoms with E-state index in [1.54, 1.807) is 0 Å². The van der Waals surface area contributed by atoms with E-state index < -0.39 is 0 Å². The van der Waals surface area contributed by atoms with Crippen LogP contribution in [0.4, 0.5) is 11.5 Å². The van der Waals surface area contributed by atoms with Gasteiger partial charge in [0.1, 0.15) is 11.6 Å². The van der Waals surface area contributed by atoms with E-state index in [0.717, 1.165) is 29.1 Å². The lowest BCUT2D eigenvalue weighted by atomic mass is 10.0. The first-order valence-corrected chi connectivity index (χ1v) is 8.11. The Morgan fingerprint density at radius 2 is 1.88 bits per heavy atom. The first-order chi connectivity index (χ1) is 11.6. The fraction of sp³-hybridized carbons (Fsp3) is 0.263. The summed E-state index contributed by atoms with van der Waals surface area (Å²) in [6.45, 7) is 5.94. The minimum Gasteiger partial charge on any atom is -0.396 e. The van der Waals surface area contributed by atoms with E-state index >= 15 is 0 Å². The highest BCUT2D eigenvalue weighted by atomic mass is 16.5. The second-order valence-corrected chi connectivity index (χ2v) is 5.85. The molecular weight excluding hydrogens is 300 g/mol. The largest absolute Gasteiger partial charge is 0.396 e. The number of nitrogens with two attached hydrogens (primary N) is 1. The Bertz CT molecular complexity index is 807. The summed E-state index contributed by atoms with van der Waals surface area (Å²) in [6.07, 6.45) is 0.931. The van der Waals surface area contributed by atoms with Gasteiger partial charge in [0.25, 0.3) is 0 Å². The molecule has 0 saturated carbocycles. The van der Waals surface area contributed by atoms with Gasteiger partial charge in [0.05, 0.1) is 28.7 Å². The van der Waals surface area contributed by atoms with Gasteiger partial charge in [-0.05, 0) is 38.0 Å². The third kappa shape index (κ3) is 3.11. The molecule has 0 spiro atoms. The Hall–Kier alpha value is -2.82. The van der Waals surface area contributed by atoms with Crippen molar-refractivity contribution in [2.75, 3.05) is 11.1 Å². The van der Waals surface area contributed by atoms with Crippen LogP contribution in [0.2, 0.25) is 0 Å². The highest BCUT2D eigenvalue weighted by Crippen LogP contribution is 2.30. The number of nitrogens with one attached hydrogen (secondary N) is 1. The topological polar surface area (TPSA) is 77.0 Å². The van der Waals surface area contributed by atoms with E-state index in [1.807, 2.05) is 44.2 Å². The number of anilines is 2. The average molecular weight is 322 g/mol. The van der Waals surface area contributed by atoms with Crippen LogP contribution in [-0.2, 0) is 0 Å². The maximum Gasteiger partial charge on any atom is 0.150 e. The number of pyridine rings is 1. The molecule has 24 heavy (non-hydrogen) atoms. The third-order valence-corrected chi connectivity index (χ3v) is 4.14. The standard InChI is InChI=1S/C19H22N4O/c1-4-16(14-8-6-5-7-9-14)21-19-15(20)10-11-17(22-19)18-12(2)23-24-13(18)3/h5-11,16H,4,20H2,1-3H3,(H,21,22)/t16-/m0/s1. The molecule has 0 radical (unpaired) electrons. The van der Waals surface area contributed by atoms with Crippen molar-refractivity contribution < 1.29 is 4.52 Å². The van der Waals surface area contributed by atoms with E-state index in [1.165, 1.54) is 5.56 Å². The fourth-order valence-corrected chi connectivity index (χ4v) is 2.84. The van der Waals surface area contributed by atoms with E-state index in [9.17, 15) is 0 Å². The summed E-state index contributed by atoms with van der Waals surface area (Å²) in [5.41, 5.74) is 10.5. The molecule has 0 unspecified atom stereocenters. The molecule has 124 valence electrons.